The van der Waals surface area contributed by atoms with Gasteiger partial charge < -0.3 is 9.84 Å². The minimum atomic E-state index is -1.25. The van der Waals surface area contributed by atoms with Crippen LogP contribution >= 0.6 is 0 Å². The monoisotopic (exact) mass is 234 g/mol. The van der Waals surface area contributed by atoms with Gasteiger partial charge in [-0.1, -0.05) is 57.2 Å². The molecule has 0 bridgehead atoms. The van der Waals surface area contributed by atoms with Crippen molar-refractivity contribution < 1.29 is 14.6 Å². The zero-order valence-electron chi connectivity index (χ0n) is 10.4. The summed E-state index contributed by atoms with van der Waals surface area (Å²) in [7, 11) is 0. The zero-order valence-corrected chi connectivity index (χ0v) is 10.4. The molecule has 3 nitrogen and oxygen atoms in total. The highest BCUT2D eigenvalue weighted by atomic mass is 16.7. The number of benzene rings is 1. The van der Waals surface area contributed by atoms with Gasteiger partial charge in [0.1, 0.15) is 6.10 Å². The van der Waals surface area contributed by atoms with Crippen LogP contribution in [-0.4, -0.2) is 17.4 Å². The second-order valence-corrected chi connectivity index (χ2v) is 4.94. The average molecular weight is 234 g/mol. The summed E-state index contributed by atoms with van der Waals surface area (Å²) >= 11 is 0. The number of rotatable bonds is 3. The van der Waals surface area contributed by atoms with Crippen LogP contribution in [-0.2, 0) is 4.74 Å². The minimum Gasteiger partial charge on any atom is -0.450 e. The maximum Gasteiger partial charge on any atom is 0.506 e. The van der Waals surface area contributed by atoms with Gasteiger partial charge in [0, 0.05) is 5.41 Å². The van der Waals surface area contributed by atoms with Gasteiger partial charge in [0.05, 0.1) is 0 Å². The zero-order chi connectivity index (χ0) is 12.9. The first-order valence-corrected chi connectivity index (χ1v) is 5.52. The van der Waals surface area contributed by atoms with Crippen molar-refractivity contribution in [3.63, 3.8) is 0 Å². The fourth-order valence-corrected chi connectivity index (χ4v) is 1.38. The van der Waals surface area contributed by atoms with Gasteiger partial charge in [-0.3, -0.25) is 0 Å². The van der Waals surface area contributed by atoms with E-state index in [1.807, 2.05) is 57.2 Å². The van der Waals surface area contributed by atoms with Gasteiger partial charge in [0.15, 0.2) is 0 Å². The molecule has 1 unspecified atom stereocenters. The van der Waals surface area contributed by atoms with Crippen LogP contribution in [0, 0.1) is 5.41 Å². The Kier molecular flexibility index (Phi) is 4.32. The van der Waals surface area contributed by atoms with E-state index < -0.39 is 12.3 Å². The predicted octanol–water partition coefficient (Wildman–Crippen LogP) is 3.81. The summed E-state index contributed by atoms with van der Waals surface area (Å²) in [4.78, 5) is 10.6. The second kappa shape index (κ2) is 5.53. The molecule has 1 aromatic carbocycles. The normalized spacial score (nSPS) is 13.6. The van der Waals surface area contributed by atoms with Crippen molar-refractivity contribution in [1.29, 1.82) is 0 Å². The van der Waals surface area contributed by atoms with Crippen LogP contribution < -0.4 is 0 Å². The van der Waals surface area contributed by atoms with Crippen molar-refractivity contribution in [2.45, 2.75) is 26.9 Å². The van der Waals surface area contributed by atoms with E-state index in [-0.39, 0.29) is 5.41 Å². The van der Waals surface area contributed by atoms with E-state index in [1.54, 1.807) is 6.08 Å². The lowest BCUT2D eigenvalue weighted by atomic mass is 9.88. The highest BCUT2D eigenvalue weighted by Crippen LogP contribution is 2.24. The third-order valence-corrected chi connectivity index (χ3v) is 2.34. The van der Waals surface area contributed by atoms with Crippen LogP contribution in [0.3, 0.4) is 0 Å². The molecule has 0 aliphatic rings. The largest absolute Gasteiger partial charge is 0.506 e. The van der Waals surface area contributed by atoms with Crippen molar-refractivity contribution in [2.75, 3.05) is 0 Å². The van der Waals surface area contributed by atoms with E-state index in [2.05, 4.69) is 0 Å². The van der Waals surface area contributed by atoms with E-state index in [9.17, 15) is 4.79 Å². The summed E-state index contributed by atoms with van der Waals surface area (Å²) in [5.74, 6) is 0. The van der Waals surface area contributed by atoms with Gasteiger partial charge in [0.2, 0.25) is 0 Å². The van der Waals surface area contributed by atoms with E-state index >= 15 is 0 Å². The van der Waals surface area contributed by atoms with Gasteiger partial charge in [0.25, 0.3) is 0 Å². The van der Waals surface area contributed by atoms with Crippen LogP contribution in [0.2, 0.25) is 0 Å². The Hall–Kier alpha value is -1.77. The van der Waals surface area contributed by atoms with Crippen LogP contribution in [0.5, 0.6) is 0 Å². The average Bonchev–Trinajstić information content (AvgIpc) is 2.23. The molecule has 1 rings (SSSR count). The van der Waals surface area contributed by atoms with Crippen LogP contribution in [0.25, 0.3) is 6.08 Å². The highest BCUT2D eigenvalue weighted by molar-refractivity contribution is 5.58. The molecule has 0 aliphatic heterocycles. The van der Waals surface area contributed by atoms with Gasteiger partial charge in [-0.25, -0.2) is 4.79 Å². The van der Waals surface area contributed by atoms with Crippen molar-refractivity contribution in [3.05, 3.63) is 42.0 Å². The Balaban J connectivity index is 2.80. The lowest BCUT2D eigenvalue weighted by Gasteiger charge is -2.26. The quantitative estimate of drug-likeness (QED) is 0.809. The van der Waals surface area contributed by atoms with Gasteiger partial charge >= 0.3 is 6.16 Å². The van der Waals surface area contributed by atoms with Gasteiger partial charge in [-0.2, -0.15) is 0 Å². The fourth-order valence-electron chi connectivity index (χ4n) is 1.38. The SMILES string of the molecule is CC(C)(C)C(C=Cc1ccccc1)OC(=O)O. The summed E-state index contributed by atoms with van der Waals surface area (Å²) in [5, 5.41) is 8.69. The third kappa shape index (κ3) is 4.72. The molecule has 1 atom stereocenters. The highest BCUT2D eigenvalue weighted by Gasteiger charge is 2.25. The molecule has 0 aliphatic carbocycles. The number of hydrogen-bond donors (Lipinski definition) is 1. The van der Waals surface area contributed by atoms with Crippen molar-refractivity contribution in [1.82, 2.24) is 0 Å². The summed E-state index contributed by atoms with van der Waals surface area (Å²) in [6.07, 6.45) is 1.95. The maximum absolute atomic E-state index is 10.6. The number of ether oxygens (including phenoxy) is 1. The number of carbonyl (C=O) groups is 1. The molecule has 17 heavy (non-hydrogen) atoms. The standard InChI is InChI=1S/C14H18O3/c1-14(2,3)12(17-13(15)16)10-9-11-7-5-4-6-8-11/h4-10,12H,1-3H3,(H,15,16). The van der Waals surface area contributed by atoms with Crippen molar-refractivity contribution >= 4 is 12.2 Å². The second-order valence-electron chi connectivity index (χ2n) is 4.94. The topological polar surface area (TPSA) is 46.5 Å². The lowest BCUT2D eigenvalue weighted by Crippen LogP contribution is -2.29. The molecule has 1 aromatic rings. The smallest absolute Gasteiger partial charge is 0.450 e. The molecule has 1 N–H and O–H groups in total. The lowest BCUT2D eigenvalue weighted by molar-refractivity contribution is 0.0262. The Morgan fingerprint density at radius 3 is 2.35 bits per heavy atom. The first kappa shape index (κ1) is 13.3. The van der Waals surface area contributed by atoms with E-state index in [4.69, 9.17) is 9.84 Å². The number of carboxylic acid groups (broad SMARTS) is 1. The first-order valence-electron chi connectivity index (χ1n) is 5.52. The Morgan fingerprint density at radius 1 is 1.29 bits per heavy atom. The van der Waals surface area contributed by atoms with Crippen LogP contribution in [0.4, 0.5) is 4.79 Å². The summed E-state index contributed by atoms with van der Waals surface area (Å²) in [5.41, 5.74) is 0.764. The molecule has 0 aromatic heterocycles. The molecule has 0 saturated carbocycles. The Labute approximate surface area is 102 Å². The Bertz CT molecular complexity index is 388. The molecule has 3 heteroatoms. The van der Waals surface area contributed by atoms with E-state index in [0.717, 1.165) is 5.56 Å². The molecule has 0 spiro atoms. The molecule has 0 fully saturated rings. The van der Waals surface area contributed by atoms with Crippen molar-refractivity contribution in [3.8, 4) is 0 Å². The fraction of sp³-hybridized carbons (Fsp3) is 0.357. The van der Waals surface area contributed by atoms with Crippen molar-refractivity contribution in [2.24, 2.45) is 5.41 Å². The molecule has 0 radical (unpaired) electrons. The first-order chi connectivity index (χ1) is 7.89. The van der Waals surface area contributed by atoms with Crippen LogP contribution in [0.1, 0.15) is 26.3 Å². The summed E-state index contributed by atoms with van der Waals surface area (Å²) in [6.45, 7) is 5.82. The molecular formula is C14H18O3. The van der Waals surface area contributed by atoms with Crippen LogP contribution in [0.15, 0.2) is 36.4 Å². The summed E-state index contributed by atoms with van der Waals surface area (Å²) < 4.78 is 4.87. The summed E-state index contributed by atoms with van der Waals surface area (Å²) in [6, 6.07) is 9.72. The number of hydrogen-bond acceptors (Lipinski definition) is 2. The van der Waals surface area contributed by atoms with E-state index in [1.165, 1.54) is 0 Å². The Morgan fingerprint density at radius 2 is 1.88 bits per heavy atom. The predicted molar refractivity (Wildman–Crippen MR) is 67.8 cm³/mol. The van der Waals surface area contributed by atoms with Gasteiger partial charge in [-0.05, 0) is 11.6 Å². The molecule has 0 saturated heterocycles. The minimum absolute atomic E-state index is 0.260. The molecule has 92 valence electrons. The third-order valence-electron chi connectivity index (χ3n) is 2.34. The maximum atomic E-state index is 10.6. The van der Waals surface area contributed by atoms with Gasteiger partial charge in [-0.15, -0.1) is 0 Å². The molecular weight excluding hydrogens is 216 g/mol. The van der Waals surface area contributed by atoms with E-state index in [0.29, 0.717) is 0 Å². The molecule has 0 amide bonds. The molecule has 0 heterocycles.